The maximum atomic E-state index is 12.6. The van der Waals surface area contributed by atoms with Crippen molar-refractivity contribution in [2.45, 2.75) is 104 Å². The first-order valence-electron chi connectivity index (χ1n) is 10.7. The van der Waals surface area contributed by atoms with Gasteiger partial charge in [-0.2, -0.15) is 0 Å². The number of rotatable bonds is 7. The molecule has 2 saturated carbocycles. The van der Waals surface area contributed by atoms with E-state index in [4.69, 9.17) is 9.47 Å². The zero-order chi connectivity index (χ0) is 19.2. The van der Waals surface area contributed by atoms with E-state index in [2.05, 4.69) is 6.92 Å². The first kappa shape index (κ1) is 21.2. The van der Waals surface area contributed by atoms with E-state index in [0.29, 0.717) is 18.3 Å². The molecular formula is C22H38O4. The Morgan fingerprint density at radius 2 is 1.31 bits per heavy atom. The van der Waals surface area contributed by atoms with E-state index in [1.54, 1.807) is 0 Å². The summed E-state index contributed by atoms with van der Waals surface area (Å²) in [5, 5.41) is 0. The highest BCUT2D eigenvalue weighted by Crippen LogP contribution is 2.45. The summed E-state index contributed by atoms with van der Waals surface area (Å²) in [6.07, 6.45) is 12.7. The molecule has 4 heteroatoms. The van der Waals surface area contributed by atoms with Crippen LogP contribution in [0.25, 0.3) is 0 Å². The molecule has 0 aromatic heterocycles. The Kier molecular flexibility index (Phi) is 7.54. The van der Waals surface area contributed by atoms with Crippen LogP contribution >= 0.6 is 0 Å². The van der Waals surface area contributed by atoms with Crippen molar-refractivity contribution in [3.05, 3.63) is 0 Å². The molecule has 2 rings (SSSR count). The summed E-state index contributed by atoms with van der Waals surface area (Å²) in [6, 6.07) is 0. The third kappa shape index (κ3) is 5.23. The van der Waals surface area contributed by atoms with Gasteiger partial charge in [0.2, 0.25) is 0 Å². The molecule has 2 aliphatic rings. The van der Waals surface area contributed by atoms with Crippen molar-refractivity contribution in [3.63, 3.8) is 0 Å². The predicted octanol–water partition coefficient (Wildman–Crippen LogP) is 5.43. The summed E-state index contributed by atoms with van der Waals surface area (Å²) in [5.41, 5.74) is -0.971. The summed E-state index contributed by atoms with van der Waals surface area (Å²) >= 11 is 0. The van der Waals surface area contributed by atoms with Gasteiger partial charge in [0, 0.05) is 0 Å². The van der Waals surface area contributed by atoms with E-state index in [9.17, 15) is 9.59 Å². The molecule has 0 bridgehead atoms. The summed E-state index contributed by atoms with van der Waals surface area (Å²) < 4.78 is 11.4. The SMILES string of the molecule is CCC(C)(C)C(=O)OCC(=O)OC(C)(C1CCCCC1)C1CCCCC1. The Morgan fingerprint density at radius 3 is 1.73 bits per heavy atom. The van der Waals surface area contributed by atoms with Gasteiger partial charge in [0.05, 0.1) is 5.41 Å². The fourth-order valence-corrected chi connectivity index (χ4v) is 4.59. The van der Waals surface area contributed by atoms with Crippen LogP contribution in [-0.2, 0) is 19.1 Å². The Balaban J connectivity index is 2.01. The van der Waals surface area contributed by atoms with Crippen LogP contribution in [-0.4, -0.2) is 24.1 Å². The monoisotopic (exact) mass is 366 g/mol. The highest BCUT2D eigenvalue weighted by Gasteiger charge is 2.45. The van der Waals surface area contributed by atoms with Crippen LogP contribution in [0.2, 0.25) is 0 Å². The predicted molar refractivity (Wildman–Crippen MR) is 103 cm³/mol. The maximum Gasteiger partial charge on any atom is 0.344 e. The first-order valence-corrected chi connectivity index (χ1v) is 10.7. The molecule has 2 aliphatic carbocycles. The Hall–Kier alpha value is -1.06. The van der Waals surface area contributed by atoms with Crippen LogP contribution in [0.3, 0.4) is 0 Å². The van der Waals surface area contributed by atoms with E-state index in [0.717, 1.165) is 25.7 Å². The topological polar surface area (TPSA) is 52.6 Å². The standard InChI is InChI=1S/C22H38O4/c1-5-21(2,3)20(24)25-16-19(23)26-22(4,17-12-8-6-9-13-17)18-14-10-7-11-15-18/h17-18H,5-16H2,1-4H3. The quantitative estimate of drug-likeness (QED) is 0.564. The van der Waals surface area contributed by atoms with Crippen molar-refractivity contribution in [1.82, 2.24) is 0 Å². The van der Waals surface area contributed by atoms with Gasteiger partial charge in [-0.3, -0.25) is 4.79 Å². The van der Waals surface area contributed by atoms with E-state index in [1.807, 2.05) is 20.8 Å². The first-order chi connectivity index (χ1) is 12.3. The Labute approximate surface area is 159 Å². The van der Waals surface area contributed by atoms with Crippen LogP contribution in [0, 0.1) is 17.3 Å². The molecule has 0 aromatic carbocycles. The lowest BCUT2D eigenvalue weighted by Crippen LogP contribution is -2.48. The van der Waals surface area contributed by atoms with Gasteiger partial charge < -0.3 is 9.47 Å². The van der Waals surface area contributed by atoms with Crippen molar-refractivity contribution in [1.29, 1.82) is 0 Å². The van der Waals surface area contributed by atoms with Crippen molar-refractivity contribution in [2.24, 2.45) is 17.3 Å². The van der Waals surface area contributed by atoms with E-state index in [1.165, 1.54) is 38.5 Å². The number of hydrogen-bond donors (Lipinski definition) is 0. The molecular weight excluding hydrogens is 328 g/mol. The highest BCUT2D eigenvalue weighted by molar-refractivity contribution is 5.79. The molecule has 0 radical (unpaired) electrons. The molecule has 150 valence electrons. The smallest absolute Gasteiger partial charge is 0.344 e. The van der Waals surface area contributed by atoms with Gasteiger partial charge in [-0.05, 0) is 64.7 Å². The summed E-state index contributed by atoms with van der Waals surface area (Å²) in [7, 11) is 0. The van der Waals surface area contributed by atoms with E-state index < -0.39 is 11.0 Å². The molecule has 0 spiro atoms. The molecule has 0 unspecified atom stereocenters. The molecule has 0 heterocycles. The maximum absolute atomic E-state index is 12.6. The second-order valence-corrected chi connectivity index (χ2v) is 9.14. The molecule has 0 aliphatic heterocycles. The van der Waals surface area contributed by atoms with E-state index in [-0.39, 0.29) is 18.5 Å². The molecule has 0 saturated heterocycles. The molecule has 0 atom stereocenters. The van der Waals surface area contributed by atoms with Crippen molar-refractivity contribution in [2.75, 3.05) is 6.61 Å². The lowest BCUT2D eigenvalue weighted by molar-refractivity contribution is -0.185. The second-order valence-electron chi connectivity index (χ2n) is 9.14. The fourth-order valence-electron chi connectivity index (χ4n) is 4.59. The number of ether oxygens (including phenoxy) is 2. The normalized spacial score (nSPS) is 20.6. The minimum Gasteiger partial charge on any atom is -0.456 e. The molecule has 0 aromatic rings. The average molecular weight is 367 g/mol. The second kappa shape index (κ2) is 9.23. The minimum absolute atomic E-state index is 0.267. The van der Waals surface area contributed by atoms with Gasteiger partial charge in [0.1, 0.15) is 5.60 Å². The van der Waals surface area contributed by atoms with Crippen molar-refractivity contribution >= 4 is 11.9 Å². The van der Waals surface area contributed by atoms with Crippen molar-refractivity contribution in [3.8, 4) is 0 Å². The number of carbonyl (C=O) groups is 2. The van der Waals surface area contributed by atoms with Gasteiger partial charge in [-0.25, -0.2) is 4.79 Å². The van der Waals surface area contributed by atoms with Crippen molar-refractivity contribution < 1.29 is 19.1 Å². The van der Waals surface area contributed by atoms with E-state index >= 15 is 0 Å². The van der Waals surface area contributed by atoms with Crippen LogP contribution in [0.15, 0.2) is 0 Å². The molecule has 4 nitrogen and oxygen atoms in total. The molecule has 26 heavy (non-hydrogen) atoms. The Bertz CT molecular complexity index is 453. The molecule has 2 fully saturated rings. The lowest BCUT2D eigenvalue weighted by Gasteiger charge is -2.46. The third-order valence-electron chi connectivity index (χ3n) is 6.92. The minimum atomic E-state index is -0.559. The zero-order valence-corrected chi connectivity index (χ0v) is 17.3. The zero-order valence-electron chi connectivity index (χ0n) is 17.3. The third-order valence-corrected chi connectivity index (χ3v) is 6.92. The Morgan fingerprint density at radius 1 is 0.846 bits per heavy atom. The summed E-state index contributed by atoms with van der Waals surface area (Å²) in [6.45, 7) is 7.51. The largest absolute Gasteiger partial charge is 0.456 e. The van der Waals surface area contributed by atoms with Crippen LogP contribution < -0.4 is 0 Å². The van der Waals surface area contributed by atoms with Gasteiger partial charge >= 0.3 is 11.9 Å². The molecule has 0 amide bonds. The van der Waals surface area contributed by atoms with Gasteiger partial charge in [0.15, 0.2) is 6.61 Å². The van der Waals surface area contributed by atoms with Gasteiger partial charge in [-0.1, -0.05) is 45.4 Å². The lowest BCUT2D eigenvalue weighted by atomic mass is 9.67. The number of esters is 2. The highest BCUT2D eigenvalue weighted by atomic mass is 16.6. The average Bonchev–Trinajstić information content (AvgIpc) is 2.67. The van der Waals surface area contributed by atoms with Crippen LogP contribution in [0.1, 0.15) is 98.3 Å². The molecule has 0 N–H and O–H groups in total. The van der Waals surface area contributed by atoms with Gasteiger partial charge in [0.25, 0.3) is 0 Å². The van der Waals surface area contributed by atoms with Crippen LogP contribution in [0.5, 0.6) is 0 Å². The summed E-state index contributed by atoms with van der Waals surface area (Å²) in [4.78, 5) is 24.7. The van der Waals surface area contributed by atoms with Crippen LogP contribution in [0.4, 0.5) is 0 Å². The van der Waals surface area contributed by atoms with Gasteiger partial charge in [-0.15, -0.1) is 0 Å². The summed E-state index contributed by atoms with van der Waals surface area (Å²) in [5.74, 6) is 0.162. The number of hydrogen-bond acceptors (Lipinski definition) is 4. The fraction of sp³-hybridized carbons (Fsp3) is 0.909. The number of carbonyl (C=O) groups excluding carboxylic acids is 2.